The number of carbonyl (C=O) groups is 1. The molecule has 134 valence electrons. The highest BCUT2D eigenvalue weighted by atomic mass is 16.1. The molecule has 1 aliphatic rings. The molecule has 3 heterocycles. The maximum absolute atomic E-state index is 12.3. The van der Waals surface area contributed by atoms with Gasteiger partial charge in [0.1, 0.15) is 5.69 Å². The molecule has 1 saturated heterocycles. The summed E-state index contributed by atoms with van der Waals surface area (Å²) in [5.74, 6) is -0.114. The van der Waals surface area contributed by atoms with Gasteiger partial charge in [-0.25, -0.2) is 5.01 Å². The zero-order valence-corrected chi connectivity index (χ0v) is 14.7. The number of rotatable bonds is 5. The van der Waals surface area contributed by atoms with Crippen LogP contribution in [0, 0.1) is 0 Å². The van der Waals surface area contributed by atoms with Crippen LogP contribution in [0.2, 0.25) is 0 Å². The van der Waals surface area contributed by atoms with Gasteiger partial charge < -0.3 is 15.7 Å². The Bertz CT molecular complexity index is 848. The molecule has 0 aliphatic carbocycles. The highest BCUT2D eigenvalue weighted by molar-refractivity contribution is 5.97. The fourth-order valence-electron chi connectivity index (χ4n) is 3.26. The third-order valence-electron chi connectivity index (χ3n) is 4.72. The fourth-order valence-corrected chi connectivity index (χ4v) is 3.26. The first-order valence-corrected chi connectivity index (χ1v) is 9.09. The molecule has 0 saturated carbocycles. The fraction of sp³-hybridized carbons (Fsp3) is 0.300. The predicted octanol–water partition coefficient (Wildman–Crippen LogP) is 3.31. The average Bonchev–Trinajstić information content (AvgIpc) is 3.12. The number of carbonyl (C=O) groups excluding carboxylic acids is 1. The minimum Gasteiger partial charge on any atom is -0.350 e. The van der Waals surface area contributed by atoms with Crippen LogP contribution in [0.25, 0.3) is 10.9 Å². The number of aromatic amines is 1. The molecule has 0 atom stereocenters. The van der Waals surface area contributed by atoms with Crippen LogP contribution in [0.15, 0.2) is 48.8 Å². The van der Waals surface area contributed by atoms with Crippen LogP contribution in [0.3, 0.4) is 0 Å². The van der Waals surface area contributed by atoms with Gasteiger partial charge in [-0.3, -0.25) is 9.78 Å². The van der Waals surface area contributed by atoms with Crippen LogP contribution in [0.4, 0.5) is 5.69 Å². The zero-order chi connectivity index (χ0) is 17.8. The van der Waals surface area contributed by atoms with E-state index in [1.165, 1.54) is 19.3 Å². The molecule has 6 heteroatoms. The van der Waals surface area contributed by atoms with Gasteiger partial charge in [-0.1, -0.05) is 18.6 Å². The summed E-state index contributed by atoms with van der Waals surface area (Å²) in [6, 6.07) is 11.9. The summed E-state index contributed by atoms with van der Waals surface area (Å²) in [7, 11) is 0. The van der Waals surface area contributed by atoms with Gasteiger partial charge in [0.05, 0.1) is 0 Å². The molecular formula is C20H23N5O. The second kappa shape index (κ2) is 7.58. The Morgan fingerprint density at radius 2 is 1.92 bits per heavy atom. The molecule has 2 aromatic heterocycles. The molecule has 26 heavy (non-hydrogen) atoms. The number of aromatic nitrogens is 2. The number of hydrazine groups is 1. The summed E-state index contributed by atoms with van der Waals surface area (Å²) in [5.41, 5.74) is 7.07. The number of fused-ring (bicyclic) bond motifs is 1. The van der Waals surface area contributed by atoms with Crippen LogP contribution < -0.4 is 10.7 Å². The van der Waals surface area contributed by atoms with E-state index in [1.54, 1.807) is 12.4 Å². The van der Waals surface area contributed by atoms with Gasteiger partial charge in [0, 0.05) is 48.6 Å². The normalized spacial score (nSPS) is 15.1. The van der Waals surface area contributed by atoms with Crippen molar-refractivity contribution in [1.82, 2.24) is 20.3 Å². The number of piperidine rings is 1. The van der Waals surface area contributed by atoms with E-state index < -0.39 is 0 Å². The van der Waals surface area contributed by atoms with E-state index in [1.807, 2.05) is 24.3 Å². The highest BCUT2D eigenvalue weighted by Gasteiger charge is 2.11. The van der Waals surface area contributed by atoms with Crippen molar-refractivity contribution in [3.05, 3.63) is 60.0 Å². The van der Waals surface area contributed by atoms with Crippen molar-refractivity contribution in [2.24, 2.45) is 0 Å². The molecule has 0 unspecified atom stereocenters. The number of hydrogen-bond acceptors (Lipinski definition) is 4. The molecule has 1 aromatic carbocycles. The van der Waals surface area contributed by atoms with Crippen LogP contribution in [0.5, 0.6) is 0 Å². The van der Waals surface area contributed by atoms with Gasteiger partial charge >= 0.3 is 0 Å². The Balaban J connectivity index is 1.33. The largest absolute Gasteiger partial charge is 0.350 e. The van der Waals surface area contributed by atoms with Gasteiger partial charge in [0.2, 0.25) is 0 Å². The van der Waals surface area contributed by atoms with Gasteiger partial charge in [-0.2, -0.15) is 0 Å². The van der Waals surface area contributed by atoms with Gasteiger partial charge in [0.15, 0.2) is 0 Å². The highest BCUT2D eigenvalue weighted by Crippen LogP contribution is 2.15. The Labute approximate surface area is 152 Å². The van der Waals surface area contributed by atoms with Crippen molar-refractivity contribution < 1.29 is 4.79 Å². The number of anilines is 1. The molecule has 1 amide bonds. The number of pyridine rings is 1. The smallest absolute Gasteiger partial charge is 0.267 e. The van der Waals surface area contributed by atoms with Gasteiger partial charge in [-0.05, 0) is 42.7 Å². The maximum Gasteiger partial charge on any atom is 0.267 e. The SMILES string of the molecule is O=C(NCc1ccc(NN2CCCCC2)cc1)c1cc2cnccc2[nH]1. The summed E-state index contributed by atoms with van der Waals surface area (Å²) in [6.45, 7) is 2.69. The molecular weight excluding hydrogens is 326 g/mol. The summed E-state index contributed by atoms with van der Waals surface area (Å²) < 4.78 is 0. The Hall–Kier alpha value is -2.86. The molecule has 4 rings (SSSR count). The third-order valence-corrected chi connectivity index (χ3v) is 4.72. The average molecular weight is 349 g/mol. The monoisotopic (exact) mass is 349 g/mol. The van der Waals surface area contributed by atoms with Crippen LogP contribution in [-0.2, 0) is 6.54 Å². The van der Waals surface area contributed by atoms with E-state index in [2.05, 4.69) is 37.9 Å². The Morgan fingerprint density at radius 3 is 2.69 bits per heavy atom. The van der Waals surface area contributed by atoms with Crippen molar-refractivity contribution in [3.63, 3.8) is 0 Å². The van der Waals surface area contributed by atoms with Crippen LogP contribution in [-0.4, -0.2) is 34.0 Å². The van der Waals surface area contributed by atoms with Gasteiger partial charge in [-0.15, -0.1) is 0 Å². The topological polar surface area (TPSA) is 73.1 Å². The number of benzene rings is 1. The number of nitrogens with zero attached hydrogens (tertiary/aromatic N) is 2. The lowest BCUT2D eigenvalue weighted by Crippen LogP contribution is -2.34. The predicted molar refractivity (Wildman–Crippen MR) is 103 cm³/mol. The van der Waals surface area contributed by atoms with Crippen LogP contribution in [0.1, 0.15) is 35.3 Å². The summed E-state index contributed by atoms with van der Waals surface area (Å²) >= 11 is 0. The van der Waals surface area contributed by atoms with E-state index in [9.17, 15) is 4.79 Å². The molecule has 0 radical (unpaired) electrons. The first-order valence-electron chi connectivity index (χ1n) is 9.09. The van der Waals surface area contributed by atoms with Crippen LogP contribution >= 0.6 is 0 Å². The lowest BCUT2D eigenvalue weighted by atomic mass is 10.1. The first kappa shape index (κ1) is 16.6. The Kier molecular flexibility index (Phi) is 4.84. The minimum absolute atomic E-state index is 0.114. The second-order valence-electron chi connectivity index (χ2n) is 6.69. The molecule has 3 N–H and O–H groups in total. The van der Waals surface area contributed by atoms with Crippen molar-refractivity contribution in [2.75, 3.05) is 18.5 Å². The van der Waals surface area contributed by atoms with E-state index >= 15 is 0 Å². The second-order valence-corrected chi connectivity index (χ2v) is 6.69. The molecule has 0 spiro atoms. The van der Waals surface area contributed by atoms with E-state index in [0.717, 1.165) is 35.2 Å². The number of amides is 1. The summed E-state index contributed by atoms with van der Waals surface area (Å²) in [4.78, 5) is 19.5. The standard InChI is InChI=1S/C20H23N5O/c26-20(19-12-16-14-21-9-8-18(16)23-19)22-13-15-4-6-17(7-5-15)24-25-10-2-1-3-11-25/h4-9,12,14,23-24H,1-3,10-11,13H2,(H,22,26). The third kappa shape index (κ3) is 3.86. The van der Waals surface area contributed by atoms with Crippen molar-refractivity contribution in [2.45, 2.75) is 25.8 Å². The molecule has 1 fully saturated rings. The minimum atomic E-state index is -0.114. The number of H-pyrrole nitrogens is 1. The Morgan fingerprint density at radius 1 is 1.12 bits per heavy atom. The zero-order valence-electron chi connectivity index (χ0n) is 14.7. The first-order chi connectivity index (χ1) is 12.8. The summed E-state index contributed by atoms with van der Waals surface area (Å²) in [6.07, 6.45) is 7.28. The molecule has 3 aromatic rings. The van der Waals surface area contributed by atoms with E-state index in [4.69, 9.17) is 0 Å². The van der Waals surface area contributed by atoms with Crippen molar-refractivity contribution in [3.8, 4) is 0 Å². The lowest BCUT2D eigenvalue weighted by Gasteiger charge is -2.27. The molecule has 0 bridgehead atoms. The quantitative estimate of drug-likeness (QED) is 0.661. The number of nitrogens with one attached hydrogen (secondary N) is 3. The van der Waals surface area contributed by atoms with Crippen molar-refractivity contribution in [1.29, 1.82) is 0 Å². The molecule has 1 aliphatic heterocycles. The van der Waals surface area contributed by atoms with E-state index in [0.29, 0.717) is 12.2 Å². The molecule has 6 nitrogen and oxygen atoms in total. The van der Waals surface area contributed by atoms with Crippen molar-refractivity contribution >= 4 is 22.5 Å². The van der Waals surface area contributed by atoms with E-state index in [-0.39, 0.29) is 5.91 Å². The number of hydrogen-bond donors (Lipinski definition) is 3. The van der Waals surface area contributed by atoms with Gasteiger partial charge in [0.25, 0.3) is 5.91 Å². The summed E-state index contributed by atoms with van der Waals surface area (Å²) in [5, 5.41) is 6.16. The lowest BCUT2D eigenvalue weighted by molar-refractivity contribution is 0.0947. The maximum atomic E-state index is 12.3.